The molecule has 3 heteroatoms. The van der Waals surface area contributed by atoms with Crippen molar-refractivity contribution < 1.29 is 8.83 Å². The van der Waals surface area contributed by atoms with E-state index < -0.39 is 0 Å². The molecule has 9 aromatic rings. The average Bonchev–Trinajstić information content (AvgIpc) is 3.77. The first-order valence-electron chi connectivity index (χ1n) is 16.5. The Kier molecular flexibility index (Phi) is 5.63. The van der Waals surface area contributed by atoms with Gasteiger partial charge in [-0.3, -0.25) is 0 Å². The Bertz CT molecular complexity index is 2690. The summed E-state index contributed by atoms with van der Waals surface area (Å²) >= 11 is 0. The first-order valence-corrected chi connectivity index (χ1v) is 16.5. The lowest BCUT2D eigenvalue weighted by Crippen LogP contribution is -2.14. The minimum atomic E-state index is -0.0718. The lowest BCUT2D eigenvalue weighted by atomic mass is 9.82. The highest BCUT2D eigenvalue weighted by Crippen LogP contribution is 2.53. The zero-order valence-corrected chi connectivity index (χ0v) is 26.7. The second kappa shape index (κ2) is 9.97. The van der Waals surface area contributed by atoms with Crippen LogP contribution in [0, 0.1) is 0 Å². The van der Waals surface area contributed by atoms with Crippen LogP contribution in [0.25, 0.3) is 66.1 Å². The van der Waals surface area contributed by atoms with Crippen LogP contribution in [0.4, 0.5) is 17.1 Å². The molecule has 0 bridgehead atoms. The highest BCUT2D eigenvalue weighted by atomic mass is 16.3. The molecule has 0 fully saturated rings. The van der Waals surface area contributed by atoms with E-state index in [0.29, 0.717) is 0 Å². The molecule has 48 heavy (non-hydrogen) atoms. The van der Waals surface area contributed by atoms with Gasteiger partial charge in [0.05, 0.1) is 0 Å². The fourth-order valence-electron chi connectivity index (χ4n) is 7.98. The third-order valence-electron chi connectivity index (χ3n) is 10.3. The second-order valence-electron chi connectivity index (χ2n) is 13.3. The lowest BCUT2D eigenvalue weighted by Gasteiger charge is -2.25. The Morgan fingerprint density at radius 3 is 2.02 bits per heavy atom. The predicted octanol–water partition coefficient (Wildman–Crippen LogP) is 12.9. The number of para-hydroxylation sites is 2. The molecule has 7 aromatic carbocycles. The van der Waals surface area contributed by atoms with Crippen LogP contribution in [0.5, 0.6) is 0 Å². The summed E-state index contributed by atoms with van der Waals surface area (Å²) in [6, 6.07) is 53.9. The van der Waals surface area contributed by atoms with Gasteiger partial charge >= 0.3 is 0 Å². The van der Waals surface area contributed by atoms with Crippen molar-refractivity contribution in [1.82, 2.24) is 0 Å². The summed E-state index contributed by atoms with van der Waals surface area (Å²) in [6.07, 6.45) is 0. The Hall–Kier alpha value is -6.06. The van der Waals surface area contributed by atoms with Crippen molar-refractivity contribution >= 4 is 60.9 Å². The molecular weight excluding hydrogens is 587 g/mol. The van der Waals surface area contributed by atoms with E-state index in [-0.39, 0.29) is 5.41 Å². The molecule has 10 rings (SSSR count). The predicted molar refractivity (Wildman–Crippen MR) is 199 cm³/mol. The Morgan fingerprint density at radius 1 is 0.458 bits per heavy atom. The van der Waals surface area contributed by atoms with Crippen molar-refractivity contribution in [3.63, 3.8) is 0 Å². The standard InChI is InChI=1S/C45H31NO2/c1-45(2)37-16-8-6-14-34(37)43-38(45)25-24-35-42-32(15-10-18-41(42)48-44(35)43)28-19-21-30(22-20-28)46(29-11-4-3-5-12-29)31-23-26-40-36(27-31)33-13-7-9-17-39(33)47-40/h3-27H,1-2H3. The number of hydrogen-bond donors (Lipinski definition) is 0. The summed E-state index contributed by atoms with van der Waals surface area (Å²) in [7, 11) is 0. The molecule has 1 aliphatic rings. The van der Waals surface area contributed by atoms with Crippen molar-refractivity contribution in [1.29, 1.82) is 0 Å². The molecule has 1 aliphatic carbocycles. The van der Waals surface area contributed by atoms with Gasteiger partial charge in [0.25, 0.3) is 0 Å². The van der Waals surface area contributed by atoms with Crippen molar-refractivity contribution in [3.8, 4) is 22.3 Å². The third-order valence-corrected chi connectivity index (χ3v) is 10.3. The van der Waals surface area contributed by atoms with Crippen LogP contribution in [0.1, 0.15) is 25.0 Å². The second-order valence-corrected chi connectivity index (χ2v) is 13.3. The monoisotopic (exact) mass is 617 g/mol. The van der Waals surface area contributed by atoms with E-state index in [1.54, 1.807) is 0 Å². The Balaban J connectivity index is 1.11. The molecule has 0 unspecified atom stereocenters. The third kappa shape index (κ3) is 3.82. The molecule has 0 aliphatic heterocycles. The number of hydrogen-bond acceptors (Lipinski definition) is 3. The van der Waals surface area contributed by atoms with Gasteiger partial charge in [0.15, 0.2) is 0 Å². The highest BCUT2D eigenvalue weighted by molar-refractivity contribution is 6.16. The first-order chi connectivity index (χ1) is 23.6. The Morgan fingerprint density at radius 2 is 1.15 bits per heavy atom. The minimum absolute atomic E-state index is 0.0718. The van der Waals surface area contributed by atoms with Gasteiger partial charge in [-0.2, -0.15) is 0 Å². The number of nitrogens with zero attached hydrogens (tertiary/aromatic N) is 1. The van der Waals surface area contributed by atoms with Crippen LogP contribution in [-0.4, -0.2) is 0 Å². The van der Waals surface area contributed by atoms with E-state index in [0.717, 1.165) is 66.5 Å². The molecule has 0 saturated carbocycles. The molecule has 2 heterocycles. The SMILES string of the molecule is CC1(C)c2ccccc2-c2c1ccc1c2oc2cccc(-c3ccc(N(c4ccccc4)c4ccc5oc6ccccc6c5c4)cc3)c21. The van der Waals surface area contributed by atoms with Crippen LogP contribution in [0.2, 0.25) is 0 Å². The van der Waals surface area contributed by atoms with Gasteiger partial charge in [-0.15, -0.1) is 0 Å². The van der Waals surface area contributed by atoms with Crippen LogP contribution >= 0.6 is 0 Å². The fourth-order valence-corrected chi connectivity index (χ4v) is 7.98. The summed E-state index contributed by atoms with van der Waals surface area (Å²) in [5.74, 6) is 0. The average molecular weight is 618 g/mol. The summed E-state index contributed by atoms with van der Waals surface area (Å²) < 4.78 is 12.9. The largest absolute Gasteiger partial charge is 0.456 e. The van der Waals surface area contributed by atoms with E-state index in [1.165, 1.54) is 27.8 Å². The van der Waals surface area contributed by atoms with Crippen LogP contribution in [0.3, 0.4) is 0 Å². The van der Waals surface area contributed by atoms with Gasteiger partial charge in [0.1, 0.15) is 22.3 Å². The zero-order chi connectivity index (χ0) is 32.0. The van der Waals surface area contributed by atoms with E-state index in [9.17, 15) is 0 Å². The van der Waals surface area contributed by atoms with Crippen LogP contribution in [-0.2, 0) is 5.41 Å². The first kappa shape index (κ1) is 27.1. The van der Waals surface area contributed by atoms with Gasteiger partial charge in [0, 0.05) is 49.6 Å². The quantitative estimate of drug-likeness (QED) is 0.197. The molecule has 0 amide bonds. The number of benzene rings is 7. The van der Waals surface area contributed by atoms with Gasteiger partial charge in [-0.1, -0.05) is 111 Å². The number of fused-ring (bicyclic) bond motifs is 10. The zero-order valence-electron chi connectivity index (χ0n) is 26.7. The summed E-state index contributed by atoms with van der Waals surface area (Å²) in [4.78, 5) is 2.31. The van der Waals surface area contributed by atoms with Gasteiger partial charge in [-0.05, 0) is 82.4 Å². The van der Waals surface area contributed by atoms with E-state index in [1.807, 2.05) is 12.1 Å². The number of rotatable bonds is 4. The smallest absolute Gasteiger partial charge is 0.143 e. The molecule has 2 aromatic heterocycles. The van der Waals surface area contributed by atoms with Crippen molar-refractivity contribution in [2.45, 2.75) is 19.3 Å². The van der Waals surface area contributed by atoms with Gasteiger partial charge < -0.3 is 13.7 Å². The summed E-state index contributed by atoms with van der Waals surface area (Å²) in [6.45, 7) is 4.63. The van der Waals surface area contributed by atoms with E-state index in [2.05, 4.69) is 158 Å². The van der Waals surface area contributed by atoms with Crippen LogP contribution < -0.4 is 4.90 Å². The summed E-state index contributed by atoms with van der Waals surface area (Å²) in [5, 5.41) is 4.54. The maximum absolute atomic E-state index is 6.73. The fraction of sp³-hybridized carbons (Fsp3) is 0.0667. The van der Waals surface area contributed by atoms with Crippen LogP contribution in [0.15, 0.2) is 160 Å². The molecule has 0 radical (unpaired) electrons. The van der Waals surface area contributed by atoms with Gasteiger partial charge in [-0.25, -0.2) is 0 Å². The van der Waals surface area contributed by atoms with E-state index >= 15 is 0 Å². The molecule has 0 saturated heterocycles. The number of furan rings is 2. The molecule has 228 valence electrons. The molecule has 0 N–H and O–H groups in total. The number of anilines is 3. The lowest BCUT2D eigenvalue weighted by molar-refractivity contribution is 0.653. The van der Waals surface area contributed by atoms with Gasteiger partial charge in [0.2, 0.25) is 0 Å². The maximum Gasteiger partial charge on any atom is 0.143 e. The molecule has 3 nitrogen and oxygen atoms in total. The summed E-state index contributed by atoms with van der Waals surface area (Å²) in [5.41, 5.74) is 14.4. The highest BCUT2D eigenvalue weighted by Gasteiger charge is 2.37. The molecular formula is C45H31NO2. The molecule has 0 spiro atoms. The van der Waals surface area contributed by atoms with E-state index in [4.69, 9.17) is 8.83 Å². The minimum Gasteiger partial charge on any atom is -0.456 e. The van der Waals surface area contributed by atoms with Crippen molar-refractivity contribution in [3.05, 3.63) is 163 Å². The Labute approximate surface area is 278 Å². The maximum atomic E-state index is 6.73. The van der Waals surface area contributed by atoms with Crippen molar-refractivity contribution in [2.75, 3.05) is 4.90 Å². The topological polar surface area (TPSA) is 29.5 Å². The van der Waals surface area contributed by atoms with Crippen molar-refractivity contribution in [2.24, 2.45) is 0 Å². The normalized spacial score (nSPS) is 13.4. The molecule has 0 atom stereocenters.